The van der Waals surface area contributed by atoms with Crippen molar-refractivity contribution in [2.75, 3.05) is 0 Å². The number of hydrogen-bond acceptors (Lipinski definition) is 1. The summed E-state index contributed by atoms with van der Waals surface area (Å²) in [5.41, 5.74) is 1.10. The van der Waals surface area contributed by atoms with Crippen molar-refractivity contribution in [3.63, 3.8) is 0 Å². The molecule has 1 nitrogen and oxygen atoms in total. The van der Waals surface area contributed by atoms with Crippen LogP contribution in [0.25, 0.3) is 0 Å². The number of unbranched alkanes of at least 4 members (excludes halogenated alkanes) is 5. The molecule has 0 aliphatic carbocycles. The molecule has 0 aromatic heterocycles. The van der Waals surface area contributed by atoms with Gasteiger partial charge in [0.25, 0.3) is 0 Å². The van der Waals surface area contributed by atoms with E-state index in [1.165, 1.54) is 32.1 Å². The molecule has 0 radical (unpaired) electrons. The van der Waals surface area contributed by atoms with Crippen LogP contribution in [0.4, 0.5) is 0 Å². The lowest BCUT2D eigenvalue weighted by molar-refractivity contribution is -0.112. The zero-order chi connectivity index (χ0) is 13.2. The van der Waals surface area contributed by atoms with E-state index in [-0.39, 0.29) is 11.0 Å². The highest BCUT2D eigenvalue weighted by Crippen LogP contribution is 2.25. The second-order valence-electron chi connectivity index (χ2n) is 4.86. The predicted octanol–water partition coefficient (Wildman–Crippen LogP) is 4.98. The van der Waals surface area contributed by atoms with Gasteiger partial charge in [-0.05, 0) is 12.0 Å². The summed E-state index contributed by atoms with van der Waals surface area (Å²) in [5.74, 6) is -0.0271. The summed E-state index contributed by atoms with van der Waals surface area (Å²) in [4.78, 5) is 11.6. The first-order valence-corrected chi connectivity index (χ1v) is 7.48. The van der Waals surface area contributed by atoms with Crippen LogP contribution in [0.15, 0.2) is 30.3 Å². The van der Waals surface area contributed by atoms with Gasteiger partial charge >= 0.3 is 0 Å². The first kappa shape index (κ1) is 15.3. The van der Waals surface area contributed by atoms with Crippen molar-refractivity contribution in [3.8, 4) is 0 Å². The molecule has 0 amide bonds. The van der Waals surface area contributed by atoms with Crippen LogP contribution in [0.2, 0.25) is 0 Å². The topological polar surface area (TPSA) is 17.1 Å². The van der Waals surface area contributed by atoms with E-state index in [0.717, 1.165) is 18.4 Å². The van der Waals surface area contributed by atoms with Gasteiger partial charge in [-0.15, -0.1) is 12.6 Å². The van der Waals surface area contributed by atoms with Crippen molar-refractivity contribution >= 4 is 17.7 Å². The van der Waals surface area contributed by atoms with Gasteiger partial charge in [0.1, 0.15) is 0 Å². The van der Waals surface area contributed by atoms with Gasteiger partial charge in [0.05, 0.1) is 5.92 Å². The molecule has 2 heteroatoms. The van der Waals surface area contributed by atoms with Crippen molar-refractivity contribution in [1.29, 1.82) is 0 Å². The lowest BCUT2D eigenvalue weighted by atomic mass is 9.94. The summed E-state index contributed by atoms with van der Waals surface area (Å²) in [5, 5.41) is -0.00485. The largest absolute Gasteiger partial charge is 0.287 e. The van der Waals surface area contributed by atoms with Gasteiger partial charge in [0.2, 0.25) is 0 Å². The van der Waals surface area contributed by atoms with E-state index in [9.17, 15) is 4.79 Å². The third-order valence-electron chi connectivity index (χ3n) is 3.35. The number of benzene rings is 1. The van der Waals surface area contributed by atoms with Gasteiger partial charge in [-0.25, -0.2) is 0 Å². The second kappa shape index (κ2) is 9.21. The van der Waals surface area contributed by atoms with Crippen LogP contribution >= 0.6 is 12.6 Å². The molecule has 0 aliphatic rings. The van der Waals surface area contributed by atoms with Gasteiger partial charge in [0.15, 0.2) is 5.12 Å². The third kappa shape index (κ3) is 5.72. The maximum atomic E-state index is 11.6. The second-order valence-corrected chi connectivity index (χ2v) is 5.30. The fraction of sp³-hybridized carbons (Fsp3) is 0.562. The van der Waals surface area contributed by atoms with E-state index in [1.807, 2.05) is 30.3 Å². The van der Waals surface area contributed by atoms with Crippen LogP contribution in [0, 0.1) is 0 Å². The fourth-order valence-corrected chi connectivity index (χ4v) is 2.53. The minimum Gasteiger partial charge on any atom is -0.287 e. The van der Waals surface area contributed by atoms with Crippen molar-refractivity contribution in [3.05, 3.63) is 35.9 Å². The molecular weight excluding hydrogens is 240 g/mol. The monoisotopic (exact) mass is 264 g/mol. The molecule has 0 spiro atoms. The maximum Gasteiger partial charge on any atom is 0.193 e. The number of rotatable bonds is 9. The van der Waals surface area contributed by atoms with Crippen LogP contribution < -0.4 is 0 Å². The number of carbonyl (C=O) groups excluding carboxylic acids is 1. The highest BCUT2D eigenvalue weighted by atomic mass is 32.1. The van der Waals surface area contributed by atoms with Crippen LogP contribution in [0.5, 0.6) is 0 Å². The summed E-state index contributed by atoms with van der Waals surface area (Å²) in [6, 6.07) is 10.0. The van der Waals surface area contributed by atoms with Gasteiger partial charge in [-0.3, -0.25) is 4.79 Å². The average Bonchev–Trinajstić information content (AvgIpc) is 2.38. The highest BCUT2D eigenvalue weighted by molar-refractivity contribution is 7.96. The Kier molecular flexibility index (Phi) is 7.83. The molecule has 18 heavy (non-hydrogen) atoms. The van der Waals surface area contributed by atoms with E-state index in [0.29, 0.717) is 0 Å². The zero-order valence-corrected chi connectivity index (χ0v) is 12.2. The van der Waals surface area contributed by atoms with Crippen LogP contribution in [-0.4, -0.2) is 5.12 Å². The predicted molar refractivity (Wildman–Crippen MR) is 81.2 cm³/mol. The van der Waals surface area contributed by atoms with Gasteiger partial charge in [-0.2, -0.15) is 0 Å². The molecule has 0 aliphatic heterocycles. The molecule has 1 rings (SSSR count). The minimum absolute atomic E-state index is 0.00485. The summed E-state index contributed by atoms with van der Waals surface area (Å²) >= 11 is 4.02. The molecule has 1 aromatic carbocycles. The standard InChI is InChI=1S/C16H24OS/c1-2-3-4-5-6-10-13-15(16(17)18)14-11-8-7-9-12-14/h7-9,11-12,15H,2-6,10,13H2,1H3,(H,17,18)/t15-/m1/s1. The highest BCUT2D eigenvalue weighted by Gasteiger charge is 2.16. The van der Waals surface area contributed by atoms with Crippen molar-refractivity contribution in [1.82, 2.24) is 0 Å². The van der Waals surface area contributed by atoms with E-state index in [4.69, 9.17) is 0 Å². The lowest BCUT2D eigenvalue weighted by Crippen LogP contribution is -2.06. The Labute approximate surface area is 116 Å². The summed E-state index contributed by atoms with van der Waals surface area (Å²) in [6.07, 6.45) is 8.49. The van der Waals surface area contributed by atoms with Crippen LogP contribution in [0.3, 0.4) is 0 Å². The molecule has 0 fully saturated rings. The number of hydrogen-bond donors (Lipinski definition) is 1. The molecule has 0 heterocycles. The minimum atomic E-state index is -0.0271. The molecule has 100 valence electrons. The zero-order valence-electron chi connectivity index (χ0n) is 11.3. The quantitative estimate of drug-likeness (QED) is 0.492. The molecule has 0 unspecified atom stereocenters. The molecular formula is C16H24OS. The maximum absolute atomic E-state index is 11.6. The van der Waals surface area contributed by atoms with Crippen LogP contribution in [0.1, 0.15) is 63.4 Å². The Morgan fingerprint density at radius 1 is 1.06 bits per heavy atom. The van der Waals surface area contributed by atoms with Gasteiger partial charge < -0.3 is 0 Å². The Morgan fingerprint density at radius 2 is 1.67 bits per heavy atom. The van der Waals surface area contributed by atoms with E-state index in [1.54, 1.807) is 0 Å². The Balaban J connectivity index is 2.34. The molecule has 0 saturated heterocycles. The van der Waals surface area contributed by atoms with E-state index in [2.05, 4.69) is 19.6 Å². The number of thiol groups is 1. The van der Waals surface area contributed by atoms with Crippen molar-refractivity contribution in [2.45, 2.75) is 57.8 Å². The van der Waals surface area contributed by atoms with Crippen LogP contribution in [-0.2, 0) is 4.79 Å². The SMILES string of the molecule is CCCCCCCC[C@@H](C(=O)S)c1ccccc1. The average molecular weight is 264 g/mol. The molecule has 1 aromatic rings. The first-order chi connectivity index (χ1) is 8.75. The summed E-state index contributed by atoms with van der Waals surface area (Å²) in [6.45, 7) is 2.23. The Bertz CT molecular complexity index is 334. The lowest BCUT2D eigenvalue weighted by Gasteiger charge is -2.13. The molecule has 0 saturated carbocycles. The van der Waals surface area contributed by atoms with E-state index >= 15 is 0 Å². The normalized spacial score (nSPS) is 12.3. The number of carbonyl (C=O) groups is 1. The molecule has 0 N–H and O–H groups in total. The summed E-state index contributed by atoms with van der Waals surface area (Å²) < 4.78 is 0. The van der Waals surface area contributed by atoms with Crippen molar-refractivity contribution < 1.29 is 4.79 Å². The Morgan fingerprint density at radius 3 is 2.28 bits per heavy atom. The van der Waals surface area contributed by atoms with Gasteiger partial charge in [0, 0.05) is 0 Å². The first-order valence-electron chi connectivity index (χ1n) is 7.03. The molecule has 0 bridgehead atoms. The smallest absolute Gasteiger partial charge is 0.193 e. The Hall–Kier alpha value is -0.760. The fourth-order valence-electron chi connectivity index (χ4n) is 2.25. The van der Waals surface area contributed by atoms with Crippen molar-refractivity contribution in [2.24, 2.45) is 0 Å². The molecule has 1 atom stereocenters. The third-order valence-corrected chi connectivity index (χ3v) is 3.66. The summed E-state index contributed by atoms with van der Waals surface area (Å²) in [7, 11) is 0. The van der Waals surface area contributed by atoms with Gasteiger partial charge in [-0.1, -0.05) is 75.8 Å². The van der Waals surface area contributed by atoms with E-state index < -0.39 is 0 Å².